The first kappa shape index (κ1) is 9.99. The molecule has 0 rings (SSSR count). The predicted molar refractivity (Wildman–Crippen MR) is 30.6 cm³/mol. The lowest BCUT2D eigenvalue weighted by Crippen LogP contribution is -2.01. The lowest BCUT2D eigenvalue weighted by atomic mass is 10.5. The molecular weight excluding hydrogens is 92.1 g/mol. The first-order valence-electron chi connectivity index (χ1n) is 2.11. The molecule has 0 radical (unpaired) electrons. The van der Waals surface area contributed by atoms with Gasteiger partial charge in [0.05, 0.1) is 0 Å². The quantitative estimate of drug-likeness (QED) is 0.503. The Labute approximate surface area is 44.4 Å². The van der Waals surface area contributed by atoms with Gasteiger partial charge in [-0.25, -0.2) is 0 Å². The maximum absolute atomic E-state index is 5.13. The fraction of sp³-hybridized carbons (Fsp3) is 1.00. The van der Waals surface area contributed by atoms with Gasteiger partial charge in [0.2, 0.25) is 0 Å². The molecule has 0 saturated heterocycles. The highest BCUT2D eigenvalue weighted by Gasteiger charge is 1.74. The molecule has 0 unspecified atom stereocenters. The van der Waals surface area contributed by atoms with Crippen LogP contribution in [0.2, 0.25) is 0 Å². The summed E-state index contributed by atoms with van der Waals surface area (Å²) in [6.07, 6.45) is 0.969. The van der Waals surface area contributed by atoms with E-state index in [1.165, 1.54) is 0 Å². The number of hydrogen-bond acceptors (Lipinski definition) is 3. The molecule has 7 heavy (non-hydrogen) atoms. The summed E-state index contributed by atoms with van der Waals surface area (Å²) < 4.78 is 4.70. The van der Waals surface area contributed by atoms with Gasteiger partial charge in [-0.2, -0.15) is 0 Å². The second-order valence-corrected chi connectivity index (χ2v) is 1.14. The maximum Gasteiger partial charge on any atom is 0.0474 e. The number of hydrogen-bond donors (Lipinski definition) is 2. The molecule has 46 valence electrons. The number of ether oxygens (including phenoxy) is 1. The van der Waals surface area contributed by atoms with Crippen molar-refractivity contribution in [3.05, 3.63) is 0 Å². The first-order chi connectivity index (χ1) is 2.91. The number of nitrogens with two attached hydrogens (primary N) is 1. The molecule has 0 aromatic heterocycles. The van der Waals surface area contributed by atoms with E-state index in [9.17, 15) is 0 Å². The van der Waals surface area contributed by atoms with Crippen LogP contribution in [0.1, 0.15) is 6.42 Å². The molecule has 0 amide bonds. The van der Waals surface area contributed by atoms with E-state index in [-0.39, 0.29) is 6.15 Å². The third-order valence-electron chi connectivity index (χ3n) is 0.553. The van der Waals surface area contributed by atoms with Crippen LogP contribution in [0.3, 0.4) is 0 Å². The summed E-state index contributed by atoms with van der Waals surface area (Å²) in [4.78, 5) is 0. The lowest BCUT2D eigenvalue weighted by Gasteiger charge is -1.89. The van der Waals surface area contributed by atoms with Crippen LogP contribution in [0.5, 0.6) is 0 Å². The average Bonchev–Trinajstić information content (AvgIpc) is 1.61. The predicted octanol–water partition coefficient (Wildman–Crippen LogP) is 0.144. The molecule has 0 saturated carbocycles. The van der Waals surface area contributed by atoms with Crippen molar-refractivity contribution in [2.75, 3.05) is 20.3 Å². The standard InChI is InChI=1S/C4H11NO.H3N/c1-6-4-2-3-5;/h2-5H2,1H3;1H3. The Hall–Kier alpha value is -0.120. The minimum absolute atomic E-state index is 0. The summed E-state index contributed by atoms with van der Waals surface area (Å²) >= 11 is 0. The third kappa shape index (κ3) is 10.7. The second kappa shape index (κ2) is 9.30. The van der Waals surface area contributed by atoms with Gasteiger partial charge >= 0.3 is 0 Å². The van der Waals surface area contributed by atoms with Gasteiger partial charge in [-0.3, -0.25) is 0 Å². The van der Waals surface area contributed by atoms with Crippen LogP contribution >= 0.6 is 0 Å². The Bertz CT molecular complexity index is 21.7. The first-order valence-corrected chi connectivity index (χ1v) is 2.11. The van der Waals surface area contributed by atoms with Gasteiger partial charge in [0.25, 0.3) is 0 Å². The van der Waals surface area contributed by atoms with Crippen molar-refractivity contribution >= 4 is 0 Å². The van der Waals surface area contributed by atoms with Crippen molar-refractivity contribution in [2.24, 2.45) is 5.73 Å². The van der Waals surface area contributed by atoms with E-state index in [0.717, 1.165) is 19.6 Å². The number of rotatable bonds is 3. The minimum Gasteiger partial charge on any atom is -0.385 e. The van der Waals surface area contributed by atoms with E-state index in [1.54, 1.807) is 7.11 Å². The summed E-state index contributed by atoms with van der Waals surface area (Å²) in [7, 11) is 1.68. The highest BCUT2D eigenvalue weighted by molar-refractivity contribution is 4.31. The molecule has 0 fully saturated rings. The SMILES string of the molecule is COCCCN.N. The van der Waals surface area contributed by atoms with E-state index in [1.807, 2.05) is 0 Å². The molecule has 3 heteroatoms. The van der Waals surface area contributed by atoms with Crippen LogP contribution in [0.4, 0.5) is 0 Å². The van der Waals surface area contributed by atoms with Gasteiger partial charge < -0.3 is 16.6 Å². The largest absolute Gasteiger partial charge is 0.385 e. The fourth-order valence-electron chi connectivity index (χ4n) is 0.228. The average molecular weight is 106 g/mol. The monoisotopic (exact) mass is 106 g/mol. The molecule has 0 spiro atoms. The molecule has 0 aromatic carbocycles. The van der Waals surface area contributed by atoms with Crippen molar-refractivity contribution in [1.29, 1.82) is 0 Å². The van der Waals surface area contributed by atoms with Gasteiger partial charge in [-0.15, -0.1) is 0 Å². The van der Waals surface area contributed by atoms with Crippen LogP contribution in [0, 0.1) is 0 Å². The summed E-state index contributed by atoms with van der Waals surface area (Å²) in [6, 6.07) is 0. The van der Waals surface area contributed by atoms with E-state index in [0.29, 0.717) is 0 Å². The molecule has 0 aliphatic carbocycles. The van der Waals surface area contributed by atoms with Crippen LogP contribution in [-0.4, -0.2) is 20.3 Å². The number of methoxy groups -OCH3 is 1. The normalized spacial score (nSPS) is 7.71. The van der Waals surface area contributed by atoms with Gasteiger partial charge in [0.15, 0.2) is 0 Å². The smallest absolute Gasteiger partial charge is 0.0474 e. The molecule has 3 nitrogen and oxygen atoms in total. The van der Waals surface area contributed by atoms with Gasteiger partial charge in [-0.05, 0) is 13.0 Å². The van der Waals surface area contributed by atoms with Crippen molar-refractivity contribution in [1.82, 2.24) is 6.15 Å². The van der Waals surface area contributed by atoms with E-state index in [4.69, 9.17) is 10.5 Å². The molecule has 0 bridgehead atoms. The highest BCUT2D eigenvalue weighted by Crippen LogP contribution is 1.70. The highest BCUT2D eigenvalue weighted by atomic mass is 16.5. The maximum atomic E-state index is 5.13. The summed E-state index contributed by atoms with van der Waals surface area (Å²) in [5.41, 5.74) is 5.13. The van der Waals surface area contributed by atoms with Crippen LogP contribution in [0.15, 0.2) is 0 Å². The van der Waals surface area contributed by atoms with E-state index >= 15 is 0 Å². The lowest BCUT2D eigenvalue weighted by molar-refractivity contribution is 0.197. The van der Waals surface area contributed by atoms with Gasteiger partial charge in [0, 0.05) is 13.7 Å². The minimum atomic E-state index is 0. The summed E-state index contributed by atoms with van der Waals surface area (Å²) in [5.74, 6) is 0. The molecule has 0 aromatic rings. The third-order valence-corrected chi connectivity index (χ3v) is 0.553. The van der Waals surface area contributed by atoms with Gasteiger partial charge in [-0.1, -0.05) is 0 Å². The van der Waals surface area contributed by atoms with Crippen molar-refractivity contribution in [3.8, 4) is 0 Å². The zero-order chi connectivity index (χ0) is 4.83. The molecular formula is C4H14N2O. The van der Waals surface area contributed by atoms with Crippen LogP contribution in [0.25, 0.3) is 0 Å². The Morgan fingerprint density at radius 1 is 1.57 bits per heavy atom. The van der Waals surface area contributed by atoms with Gasteiger partial charge in [0.1, 0.15) is 0 Å². The molecule has 0 heterocycles. The van der Waals surface area contributed by atoms with Crippen molar-refractivity contribution in [3.63, 3.8) is 0 Å². The Balaban J connectivity index is 0. The summed E-state index contributed by atoms with van der Waals surface area (Å²) in [6.45, 7) is 1.52. The van der Waals surface area contributed by atoms with E-state index < -0.39 is 0 Å². The van der Waals surface area contributed by atoms with Crippen molar-refractivity contribution in [2.45, 2.75) is 6.42 Å². The zero-order valence-electron chi connectivity index (χ0n) is 4.81. The second-order valence-electron chi connectivity index (χ2n) is 1.14. The van der Waals surface area contributed by atoms with E-state index in [2.05, 4.69) is 0 Å². The fourth-order valence-corrected chi connectivity index (χ4v) is 0.228. The Kier molecular flexibility index (Phi) is 13.3. The Morgan fingerprint density at radius 3 is 2.29 bits per heavy atom. The molecule has 5 N–H and O–H groups in total. The van der Waals surface area contributed by atoms with Crippen LogP contribution in [-0.2, 0) is 4.74 Å². The van der Waals surface area contributed by atoms with Crippen molar-refractivity contribution < 1.29 is 4.74 Å². The summed E-state index contributed by atoms with van der Waals surface area (Å²) in [5, 5.41) is 0. The molecule has 0 aliphatic rings. The molecule has 0 aliphatic heterocycles. The molecule has 0 atom stereocenters. The van der Waals surface area contributed by atoms with Crippen LogP contribution < -0.4 is 11.9 Å². The topological polar surface area (TPSA) is 70.2 Å². The Morgan fingerprint density at radius 2 is 2.14 bits per heavy atom. The zero-order valence-corrected chi connectivity index (χ0v) is 4.81.